The van der Waals surface area contributed by atoms with Crippen LogP contribution in [0.4, 0.5) is 0 Å². The second kappa shape index (κ2) is 13.7. The Balaban J connectivity index is 0. The highest BCUT2D eigenvalue weighted by Crippen LogP contribution is 1.96. The van der Waals surface area contributed by atoms with Crippen LogP contribution < -0.4 is 17.2 Å². The van der Waals surface area contributed by atoms with E-state index in [1.807, 2.05) is 43.3 Å². The maximum absolute atomic E-state index is 4.89. The zero-order valence-electron chi connectivity index (χ0n) is 10.6. The van der Waals surface area contributed by atoms with Gasteiger partial charge in [0.25, 0.3) is 0 Å². The number of rotatable bonds is 2. The average Bonchev–Trinajstić information content (AvgIpc) is 2.36. The Bertz CT molecular complexity index is 382. The third-order valence-corrected chi connectivity index (χ3v) is 1.66. The van der Waals surface area contributed by atoms with Crippen LogP contribution in [0.25, 0.3) is 0 Å². The Morgan fingerprint density at radius 1 is 1.39 bits per heavy atom. The SMILES string of the molecule is C/C(C#Cc1ccccc1)=C\CON.CNN.Cl. The van der Waals surface area contributed by atoms with Gasteiger partial charge in [-0.3, -0.25) is 11.3 Å². The monoisotopic (exact) mass is 269 g/mol. The first-order chi connectivity index (χ1) is 8.24. The summed E-state index contributed by atoms with van der Waals surface area (Å²) in [5.41, 5.74) is 4.22. The Morgan fingerprint density at radius 3 is 2.44 bits per heavy atom. The van der Waals surface area contributed by atoms with Crippen molar-refractivity contribution in [2.45, 2.75) is 6.92 Å². The predicted octanol–water partition coefficient (Wildman–Crippen LogP) is 1.38. The number of benzene rings is 1. The summed E-state index contributed by atoms with van der Waals surface area (Å²) in [5.74, 6) is 15.5. The quantitative estimate of drug-likeness (QED) is 0.431. The van der Waals surface area contributed by atoms with Gasteiger partial charge in [-0.25, -0.2) is 5.90 Å². The molecule has 0 unspecified atom stereocenters. The first-order valence-electron chi connectivity index (χ1n) is 5.17. The van der Waals surface area contributed by atoms with Gasteiger partial charge in [0.1, 0.15) is 0 Å². The molecule has 100 valence electrons. The fraction of sp³-hybridized carbons (Fsp3) is 0.231. The molecule has 5 heteroatoms. The minimum Gasteiger partial charge on any atom is -0.300 e. The zero-order valence-corrected chi connectivity index (χ0v) is 11.5. The predicted molar refractivity (Wildman–Crippen MR) is 77.7 cm³/mol. The molecule has 0 bridgehead atoms. The lowest BCUT2D eigenvalue weighted by Gasteiger charge is -1.89. The molecule has 0 atom stereocenters. The van der Waals surface area contributed by atoms with Crippen LogP contribution >= 0.6 is 12.4 Å². The van der Waals surface area contributed by atoms with Gasteiger partial charge in [-0.2, -0.15) is 0 Å². The first kappa shape index (κ1) is 19.0. The molecule has 1 aromatic rings. The number of nitrogens with two attached hydrogens (primary N) is 2. The van der Waals surface area contributed by atoms with Gasteiger partial charge in [0.15, 0.2) is 0 Å². The summed E-state index contributed by atoms with van der Waals surface area (Å²) in [4.78, 5) is 4.42. The summed E-state index contributed by atoms with van der Waals surface area (Å²) in [5, 5.41) is 0. The molecular weight excluding hydrogens is 250 g/mol. The van der Waals surface area contributed by atoms with Crippen molar-refractivity contribution in [1.29, 1.82) is 0 Å². The molecular formula is C13H20ClN3O. The van der Waals surface area contributed by atoms with E-state index >= 15 is 0 Å². The van der Waals surface area contributed by atoms with Crippen LogP contribution in [-0.4, -0.2) is 13.7 Å². The lowest BCUT2D eigenvalue weighted by molar-refractivity contribution is 0.167. The molecule has 0 aliphatic rings. The second-order valence-corrected chi connectivity index (χ2v) is 3.13. The molecule has 0 fully saturated rings. The molecule has 0 aliphatic carbocycles. The van der Waals surface area contributed by atoms with Crippen molar-refractivity contribution >= 4 is 12.4 Å². The van der Waals surface area contributed by atoms with Crippen LogP contribution in [-0.2, 0) is 4.84 Å². The van der Waals surface area contributed by atoms with Crippen molar-refractivity contribution < 1.29 is 4.84 Å². The van der Waals surface area contributed by atoms with Crippen molar-refractivity contribution in [3.8, 4) is 11.8 Å². The third kappa shape index (κ3) is 11.1. The topological polar surface area (TPSA) is 73.3 Å². The summed E-state index contributed by atoms with van der Waals surface area (Å²) in [6, 6.07) is 9.84. The van der Waals surface area contributed by atoms with E-state index in [9.17, 15) is 0 Å². The van der Waals surface area contributed by atoms with Gasteiger partial charge in [0.2, 0.25) is 0 Å². The molecule has 0 aliphatic heterocycles. The van der Waals surface area contributed by atoms with E-state index in [4.69, 9.17) is 5.90 Å². The maximum Gasteiger partial charge on any atom is 0.0872 e. The molecule has 0 radical (unpaired) electrons. The maximum atomic E-state index is 4.89. The van der Waals surface area contributed by atoms with E-state index in [-0.39, 0.29) is 12.4 Å². The van der Waals surface area contributed by atoms with E-state index in [0.717, 1.165) is 11.1 Å². The summed E-state index contributed by atoms with van der Waals surface area (Å²) < 4.78 is 0. The van der Waals surface area contributed by atoms with Crippen LogP contribution in [0, 0.1) is 11.8 Å². The van der Waals surface area contributed by atoms with E-state index in [2.05, 4.69) is 27.9 Å². The van der Waals surface area contributed by atoms with Crippen molar-refractivity contribution in [2.24, 2.45) is 11.7 Å². The Labute approximate surface area is 115 Å². The van der Waals surface area contributed by atoms with Crippen molar-refractivity contribution in [3.05, 3.63) is 47.5 Å². The van der Waals surface area contributed by atoms with Gasteiger partial charge in [-0.1, -0.05) is 30.0 Å². The van der Waals surface area contributed by atoms with Crippen LogP contribution in [0.1, 0.15) is 12.5 Å². The lowest BCUT2D eigenvalue weighted by atomic mass is 10.2. The van der Waals surface area contributed by atoms with E-state index in [1.54, 1.807) is 7.05 Å². The van der Waals surface area contributed by atoms with Gasteiger partial charge in [-0.15, -0.1) is 12.4 Å². The van der Waals surface area contributed by atoms with Crippen molar-refractivity contribution in [2.75, 3.05) is 13.7 Å². The molecule has 0 heterocycles. The minimum atomic E-state index is 0. The van der Waals surface area contributed by atoms with Crippen LogP contribution in [0.2, 0.25) is 0 Å². The number of allylic oxidation sites excluding steroid dienone is 1. The highest BCUT2D eigenvalue weighted by Gasteiger charge is 1.83. The Kier molecular flexibility index (Phi) is 14.5. The largest absolute Gasteiger partial charge is 0.300 e. The van der Waals surface area contributed by atoms with Gasteiger partial charge in [0, 0.05) is 5.56 Å². The lowest BCUT2D eigenvalue weighted by Crippen LogP contribution is -2.13. The average molecular weight is 270 g/mol. The van der Waals surface area contributed by atoms with Crippen LogP contribution in [0.5, 0.6) is 0 Å². The molecule has 0 aromatic heterocycles. The normalized spacial score (nSPS) is 9.22. The molecule has 1 aromatic carbocycles. The highest BCUT2D eigenvalue weighted by molar-refractivity contribution is 5.85. The van der Waals surface area contributed by atoms with Gasteiger partial charge in [-0.05, 0) is 37.8 Å². The number of hydrazine groups is 1. The molecule has 0 spiro atoms. The summed E-state index contributed by atoms with van der Waals surface area (Å²) in [7, 11) is 1.65. The molecule has 5 N–H and O–H groups in total. The second-order valence-electron chi connectivity index (χ2n) is 3.13. The molecule has 1 rings (SSSR count). The minimum absolute atomic E-state index is 0. The standard InChI is InChI=1S/C12H13NO.CH6N2.ClH/c1-11(9-10-14-13)7-8-12-5-3-2-4-6-12;1-3-2;/h2-6,9H,10,13H2,1H3;3H,2H2,1H3;1H/b11-9+;;. The molecule has 0 saturated carbocycles. The molecule has 0 amide bonds. The van der Waals surface area contributed by atoms with Gasteiger partial charge >= 0.3 is 0 Å². The Hall–Kier alpha value is -1.35. The summed E-state index contributed by atoms with van der Waals surface area (Å²) >= 11 is 0. The van der Waals surface area contributed by atoms with Crippen LogP contribution in [0.3, 0.4) is 0 Å². The van der Waals surface area contributed by atoms with Crippen molar-refractivity contribution in [3.63, 3.8) is 0 Å². The zero-order chi connectivity index (χ0) is 12.9. The molecule has 0 saturated heterocycles. The van der Waals surface area contributed by atoms with Crippen LogP contribution in [0.15, 0.2) is 42.0 Å². The number of nitrogens with one attached hydrogen (secondary N) is 1. The summed E-state index contributed by atoms with van der Waals surface area (Å²) in [6.45, 7) is 2.32. The van der Waals surface area contributed by atoms with Gasteiger partial charge in [0.05, 0.1) is 6.61 Å². The van der Waals surface area contributed by atoms with Crippen molar-refractivity contribution in [1.82, 2.24) is 5.43 Å². The molecule has 4 nitrogen and oxygen atoms in total. The summed E-state index contributed by atoms with van der Waals surface area (Å²) in [6.07, 6.45) is 1.84. The Morgan fingerprint density at radius 2 is 1.94 bits per heavy atom. The van der Waals surface area contributed by atoms with E-state index in [0.29, 0.717) is 6.61 Å². The number of halogens is 1. The van der Waals surface area contributed by atoms with E-state index < -0.39 is 0 Å². The fourth-order valence-electron chi connectivity index (χ4n) is 0.916. The number of hydrogen-bond acceptors (Lipinski definition) is 4. The fourth-order valence-corrected chi connectivity index (χ4v) is 0.916. The van der Waals surface area contributed by atoms with E-state index in [1.165, 1.54) is 0 Å². The highest BCUT2D eigenvalue weighted by atomic mass is 35.5. The third-order valence-electron chi connectivity index (χ3n) is 1.66. The molecule has 18 heavy (non-hydrogen) atoms. The number of hydrogen-bond donors (Lipinski definition) is 3. The smallest absolute Gasteiger partial charge is 0.0872 e. The first-order valence-corrected chi connectivity index (χ1v) is 5.17. The van der Waals surface area contributed by atoms with Gasteiger partial charge < -0.3 is 4.84 Å².